The summed E-state index contributed by atoms with van der Waals surface area (Å²) in [7, 11) is 0. The van der Waals surface area contributed by atoms with Crippen LogP contribution >= 0.6 is 11.3 Å². The molecule has 2 amide bonds. The van der Waals surface area contributed by atoms with Crippen LogP contribution in [0.3, 0.4) is 0 Å². The van der Waals surface area contributed by atoms with E-state index in [-0.39, 0.29) is 6.03 Å². The molecule has 1 heterocycles. The molecule has 6 heteroatoms. The molecule has 5 nitrogen and oxygen atoms in total. The number of aryl methyl sites for hydroxylation is 2. The van der Waals surface area contributed by atoms with Gasteiger partial charge in [-0.3, -0.25) is 0 Å². The number of amides is 2. The maximum absolute atomic E-state index is 11.9. The van der Waals surface area contributed by atoms with Crippen molar-refractivity contribution in [3.63, 3.8) is 0 Å². The molecule has 2 N–H and O–H groups in total. The summed E-state index contributed by atoms with van der Waals surface area (Å²) in [6.07, 6.45) is 0. The highest BCUT2D eigenvalue weighted by Crippen LogP contribution is 2.21. The Hall–Kier alpha value is -2.60. The zero-order valence-corrected chi connectivity index (χ0v) is 15.2. The lowest BCUT2D eigenvalue weighted by atomic mass is 10.1. The second kappa shape index (κ2) is 7.98. The molecule has 3 rings (SSSR count). The lowest BCUT2D eigenvalue weighted by molar-refractivity contribution is 0.236. The Balaban J connectivity index is 1.39. The molecule has 130 valence electrons. The third-order valence-corrected chi connectivity index (χ3v) is 4.63. The van der Waals surface area contributed by atoms with Gasteiger partial charge >= 0.3 is 6.03 Å². The Morgan fingerprint density at radius 2 is 1.88 bits per heavy atom. The Labute approximate surface area is 151 Å². The smallest absolute Gasteiger partial charge is 0.315 e. The van der Waals surface area contributed by atoms with Crippen LogP contribution in [0.1, 0.15) is 16.1 Å². The Morgan fingerprint density at radius 3 is 2.64 bits per heavy atom. The number of thiazole rings is 1. The number of nitrogens with zero attached hydrogens (tertiary/aromatic N) is 1. The molecule has 0 aliphatic heterocycles. The molecule has 1 aromatic heterocycles. The number of urea groups is 1. The summed E-state index contributed by atoms with van der Waals surface area (Å²) in [5, 5.41) is 6.50. The molecule has 0 unspecified atom stereocenters. The Bertz CT molecular complexity index is 823. The third kappa shape index (κ3) is 4.93. The number of nitrogens with one attached hydrogen (secondary N) is 2. The summed E-state index contributed by atoms with van der Waals surface area (Å²) < 4.78 is 6.79. The van der Waals surface area contributed by atoms with Crippen molar-refractivity contribution < 1.29 is 9.53 Å². The highest BCUT2D eigenvalue weighted by Gasteiger charge is 2.05. The number of aromatic nitrogens is 1. The minimum Gasteiger partial charge on any atom is -0.492 e. The van der Waals surface area contributed by atoms with Gasteiger partial charge in [-0.25, -0.2) is 9.78 Å². The first-order chi connectivity index (χ1) is 12.1. The maximum atomic E-state index is 11.9. The first kappa shape index (κ1) is 17.2. The Kier molecular flexibility index (Phi) is 5.50. The van der Waals surface area contributed by atoms with Crippen molar-refractivity contribution in [3.05, 3.63) is 58.6 Å². The van der Waals surface area contributed by atoms with E-state index < -0.39 is 0 Å². The number of ether oxygens (including phenoxy) is 1. The van der Waals surface area contributed by atoms with Crippen LogP contribution in [-0.4, -0.2) is 24.2 Å². The van der Waals surface area contributed by atoms with Gasteiger partial charge in [0.25, 0.3) is 0 Å². The normalized spacial score (nSPS) is 10.6. The fourth-order valence-electron chi connectivity index (χ4n) is 2.56. The minimum absolute atomic E-state index is 0.219. The van der Waals surface area contributed by atoms with Crippen molar-refractivity contribution in [3.8, 4) is 5.75 Å². The summed E-state index contributed by atoms with van der Waals surface area (Å²) in [5.74, 6) is 0.828. The number of benzene rings is 2. The van der Waals surface area contributed by atoms with Gasteiger partial charge < -0.3 is 15.4 Å². The van der Waals surface area contributed by atoms with E-state index >= 15 is 0 Å². The van der Waals surface area contributed by atoms with Crippen LogP contribution in [-0.2, 0) is 6.54 Å². The van der Waals surface area contributed by atoms with Crippen molar-refractivity contribution in [1.82, 2.24) is 15.6 Å². The van der Waals surface area contributed by atoms with Crippen molar-refractivity contribution in [2.45, 2.75) is 20.4 Å². The van der Waals surface area contributed by atoms with Gasteiger partial charge in [-0.15, -0.1) is 11.3 Å². The van der Waals surface area contributed by atoms with Crippen LogP contribution in [0.15, 0.2) is 42.5 Å². The van der Waals surface area contributed by atoms with Crippen LogP contribution in [0.4, 0.5) is 4.79 Å². The lowest BCUT2D eigenvalue weighted by Crippen LogP contribution is -2.37. The van der Waals surface area contributed by atoms with Crippen molar-refractivity contribution in [2.24, 2.45) is 0 Å². The molecular weight excluding hydrogens is 334 g/mol. The number of hydrogen-bond donors (Lipinski definition) is 2. The second-order valence-corrected chi connectivity index (χ2v) is 6.97. The summed E-state index contributed by atoms with van der Waals surface area (Å²) in [4.78, 5) is 16.3. The fourth-order valence-corrected chi connectivity index (χ4v) is 3.47. The van der Waals surface area contributed by atoms with Gasteiger partial charge in [0.05, 0.1) is 23.3 Å². The average molecular weight is 355 g/mol. The molecule has 0 fully saturated rings. The third-order valence-electron chi connectivity index (χ3n) is 3.59. The highest BCUT2D eigenvalue weighted by atomic mass is 32.1. The highest BCUT2D eigenvalue weighted by molar-refractivity contribution is 7.18. The molecule has 0 aliphatic rings. The summed E-state index contributed by atoms with van der Waals surface area (Å²) in [6.45, 7) is 5.36. The number of carbonyl (C=O) groups is 1. The zero-order valence-electron chi connectivity index (χ0n) is 14.3. The fraction of sp³-hybridized carbons (Fsp3) is 0.263. The molecule has 0 aliphatic carbocycles. The predicted octanol–water partition coefficient (Wildman–Crippen LogP) is 3.79. The largest absolute Gasteiger partial charge is 0.492 e. The molecule has 3 aromatic rings. The van der Waals surface area contributed by atoms with Gasteiger partial charge in [-0.05, 0) is 49.2 Å². The molecule has 0 atom stereocenters. The number of carbonyl (C=O) groups excluding carboxylic acids is 1. The van der Waals surface area contributed by atoms with E-state index in [4.69, 9.17) is 4.74 Å². The van der Waals surface area contributed by atoms with Crippen molar-refractivity contribution in [1.29, 1.82) is 0 Å². The van der Waals surface area contributed by atoms with E-state index in [1.165, 1.54) is 0 Å². The summed E-state index contributed by atoms with van der Waals surface area (Å²) >= 11 is 1.59. The molecule has 0 saturated heterocycles. The number of hydrogen-bond acceptors (Lipinski definition) is 4. The topological polar surface area (TPSA) is 63.2 Å². The van der Waals surface area contributed by atoms with Crippen LogP contribution < -0.4 is 15.4 Å². The average Bonchev–Trinajstić information content (AvgIpc) is 2.99. The first-order valence-corrected chi connectivity index (χ1v) is 8.99. The van der Waals surface area contributed by atoms with Gasteiger partial charge in [0.1, 0.15) is 17.4 Å². The molecule has 0 saturated carbocycles. The van der Waals surface area contributed by atoms with Gasteiger partial charge in [-0.2, -0.15) is 0 Å². The number of fused-ring (bicyclic) bond motifs is 1. The number of para-hydroxylation sites is 1. The molecule has 0 bridgehead atoms. The van der Waals surface area contributed by atoms with E-state index in [1.54, 1.807) is 11.3 Å². The van der Waals surface area contributed by atoms with Crippen LogP contribution in [0.5, 0.6) is 5.75 Å². The quantitative estimate of drug-likeness (QED) is 0.661. The van der Waals surface area contributed by atoms with E-state index in [0.29, 0.717) is 19.7 Å². The summed E-state index contributed by atoms with van der Waals surface area (Å²) in [5.41, 5.74) is 3.29. The van der Waals surface area contributed by atoms with Gasteiger partial charge in [-0.1, -0.05) is 18.2 Å². The van der Waals surface area contributed by atoms with Gasteiger partial charge in [0.15, 0.2) is 0 Å². The summed E-state index contributed by atoms with van der Waals surface area (Å²) in [6, 6.07) is 13.8. The second-order valence-electron chi connectivity index (χ2n) is 5.86. The molecule has 0 spiro atoms. The molecule has 25 heavy (non-hydrogen) atoms. The molecule has 0 radical (unpaired) electrons. The monoisotopic (exact) mass is 355 g/mol. The van der Waals surface area contributed by atoms with Crippen molar-refractivity contribution >= 4 is 27.6 Å². The Morgan fingerprint density at radius 1 is 1.12 bits per heavy atom. The first-order valence-electron chi connectivity index (χ1n) is 8.17. The predicted molar refractivity (Wildman–Crippen MR) is 101 cm³/mol. The van der Waals surface area contributed by atoms with Crippen molar-refractivity contribution in [2.75, 3.05) is 13.2 Å². The van der Waals surface area contributed by atoms with Gasteiger partial charge in [0.2, 0.25) is 0 Å². The van der Waals surface area contributed by atoms with Crippen LogP contribution in [0.25, 0.3) is 10.2 Å². The van der Waals surface area contributed by atoms with E-state index in [1.807, 2.05) is 50.2 Å². The van der Waals surface area contributed by atoms with Crippen LogP contribution in [0.2, 0.25) is 0 Å². The molecule has 2 aromatic carbocycles. The van der Waals surface area contributed by atoms with Crippen LogP contribution in [0, 0.1) is 13.8 Å². The SMILES string of the molecule is Cc1cc(C)cc(OCCNC(=O)NCc2nc3ccccc3s2)c1. The van der Waals surface area contributed by atoms with E-state index in [0.717, 1.165) is 32.1 Å². The van der Waals surface area contributed by atoms with E-state index in [9.17, 15) is 4.79 Å². The zero-order chi connectivity index (χ0) is 17.6. The van der Waals surface area contributed by atoms with Gasteiger partial charge in [0, 0.05) is 0 Å². The maximum Gasteiger partial charge on any atom is 0.315 e. The lowest BCUT2D eigenvalue weighted by Gasteiger charge is -2.09. The standard InChI is InChI=1S/C19H21N3O2S/c1-13-9-14(2)11-15(10-13)24-8-7-20-19(23)21-12-18-22-16-5-3-4-6-17(16)25-18/h3-6,9-11H,7-8,12H2,1-2H3,(H2,20,21,23). The number of rotatable bonds is 6. The van der Waals surface area contributed by atoms with E-state index in [2.05, 4.69) is 21.7 Å². The minimum atomic E-state index is -0.219. The molecular formula is C19H21N3O2S.